The molecule has 1 aromatic carbocycles. The minimum atomic E-state index is -0.965. The summed E-state index contributed by atoms with van der Waals surface area (Å²) in [7, 11) is -0.965. The molecule has 0 spiro atoms. The maximum atomic E-state index is 11.6. The van der Waals surface area contributed by atoms with Crippen LogP contribution in [0.25, 0.3) is 0 Å². The Morgan fingerprint density at radius 1 is 1.50 bits per heavy atom. The summed E-state index contributed by atoms with van der Waals surface area (Å²) in [5.74, 6) is 0.192. The van der Waals surface area contributed by atoms with Crippen LogP contribution in [0, 0.1) is 0 Å². The van der Waals surface area contributed by atoms with Crippen LogP contribution in [-0.4, -0.2) is 21.1 Å². The van der Waals surface area contributed by atoms with Gasteiger partial charge in [-0.15, -0.1) is 0 Å². The van der Waals surface area contributed by atoms with Crippen molar-refractivity contribution in [2.75, 3.05) is 16.8 Å². The van der Waals surface area contributed by atoms with Crippen LogP contribution < -0.4 is 11.1 Å². The molecule has 100 valence electrons. The molecule has 0 saturated heterocycles. The number of halogens is 1. The Balaban J connectivity index is 2.49. The second-order valence-electron chi connectivity index (χ2n) is 4.17. The number of anilines is 2. The molecule has 6 heteroatoms. The SMILES string of the molecule is CC(C)S(=O)CCC(=O)Nc1ccc(Cl)c(N)c1. The van der Waals surface area contributed by atoms with Crippen LogP contribution in [-0.2, 0) is 15.6 Å². The number of nitrogens with two attached hydrogens (primary N) is 1. The smallest absolute Gasteiger partial charge is 0.225 e. The van der Waals surface area contributed by atoms with E-state index in [0.717, 1.165) is 0 Å². The third-order valence-corrected chi connectivity index (χ3v) is 4.34. The highest BCUT2D eigenvalue weighted by atomic mass is 35.5. The van der Waals surface area contributed by atoms with Crippen molar-refractivity contribution >= 4 is 39.7 Å². The van der Waals surface area contributed by atoms with E-state index in [2.05, 4.69) is 5.32 Å². The van der Waals surface area contributed by atoms with Crippen molar-refractivity contribution in [2.24, 2.45) is 0 Å². The first kappa shape index (κ1) is 15.0. The largest absolute Gasteiger partial charge is 0.397 e. The zero-order valence-electron chi connectivity index (χ0n) is 10.4. The number of nitrogen functional groups attached to an aromatic ring is 1. The van der Waals surface area contributed by atoms with Crippen LogP contribution in [0.3, 0.4) is 0 Å². The van der Waals surface area contributed by atoms with E-state index in [-0.39, 0.29) is 17.6 Å². The highest BCUT2D eigenvalue weighted by molar-refractivity contribution is 7.85. The summed E-state index contributed by atoms with van der Waals surface area (Å²) in [4.78, 5) is 11.6. The molecule has 0 saturated carbocycles. The zero-order valence-corrected chi connectivity index (χ0v) is 12.0. The molecule has 18 heavy (non-hydrogen) atoms. The van der Waals surface area contributed by atoms with Gasteiger partial charge in [0.2, 0.25) is 5.91 Å². The number of amides is 1. The van der Waals surface area contributed by atoms with Crippen LogP contribution in [0.5, 0.6) is 0 Å². The molecule has 0 bridgehead atoms. The van der Waals surface area contributed by atoms with Gasteiger partial charge in [0, 0.05) is 33.9 Å². The molecule has 1 atom stereocenters. The minimum absolute atomic E-state index is 0.0731. The van der Waals surface area contributed by atoms with Gasteiger partial charge >= 0.3 is 0 Å². The molecule has 1 rings (SSSR count). The van der Waals surface area contributed by atoms with Crippen molar-refractivity contribution in [2.45, 2.75) is 25.5 Å². The van der Waals surface area contributed by atoms with E-state index in [1.54, 1.807) is 18.2 Å². The molecular weight excluding hydrogens is 272 g/mol. The fraction of sp³-hybridized carbons (Fsp3) is 0.417. The van der Waals surface area contributed by atoms with Gasteiger partial charge in [0.25, 0.3) is 0 Å². The zero-order chi connectivity index (χ0) is 13.7. The van der Waals surface area contributed by atoms with Gasteiger partial charge in [0.05, 0.1) is 10.7 Å². The second kappa shape index (κ2) is 6.75. The summed E-state index contributed by atoms with van der Waals surface area (Å²) in [5.41, 5.74) is 6.64. The van der Waals surface area contributed by atoms with E-state index in [4.69, 9.17) is 17.3 Å². The van der Waals surface area contributed by atoms with Crippen molar-refractivity contribution < 1.29 is 9.00 Å². The molecule has 0 radical (unpaired) electrons. The molecule has 1 unspecified atom stereocenters. The first-order valence-electron chi connectivity index (χ1n) is 5.62. The van der Waals surface area contributed by atoms with E-state index in [0.29, 0.717) is 22.2 Å². The van der Waals surface area contributed by atoms with Gasteiger partial charge in [-0.1, -0.05) is 25.4 Å². The van der Waals surface area contributed by atoms with E-state index in [9.17, 15) is 9.00 Å². The molecule has 3 N–H and O–H groups in total. The molecule has 0 fully saturated rings. The van der Waals surface area contributed by atoms with E-state index >= 15 is 0 Å². The van der Waals surface area contributed by atoms with Crippen molar-refractivity contribution in [3.63, 3.8) is 0 Å². The molecule has 0 aliphatic heterocycles. The Morgan fingerprint density at radius 2 is 2.17 bits per heavy atom. The lowest BCUT2D eigenvalue weighted by atomic mass is 10.2. The minimum Gasteiger partial charge on any atom is -0.397 e. The lowest BCUT2D eigenvalue weighted by molar-refractivity contribution is -0.115. The van der Waals surface area contributed by atoms with Crippen LogP contribution in [0.1, 0.15) is 20.3 Å². The fourth-order valence-electron chi connectivity index (χ4n) is 1.27. The molecule has 0 aliphatic rings. The number of carbonyl (C=O) groups excluding carboxylic acids is 1. The highest BCUT2D eigenvalue weighted by Gasteiger charge is 2.09. The van der Waals surface area contributed by atoms with Gasteiger partial charge in [0.1, 0.15) is 0 Å². The Morgan fingerprint density at radius 3 is 2.72 bits per heavy atom. The molecule has 1 amide bonds. The quantitative estimate of drug-likeness (QED) is 0.817. The van der Waals surface area contributed by atoms with Crippen LogP contribution in [0.2, 0.25) is 5.02 Å². The van der Waals surface area contributed by atoms with Gasteiger partial charge in [-0.3, -0.25) is 9.00 Å². The number of hydrogen-bond acceptors (Lipinski definition) is 3. The monoisotopic (exact) mass is 288 g/mol. The van der Waals surface area contributed by atoms with Gasteiger partial charge < -0.3 is 11.1 Å². The number of hydrogen-bond donors (Lipinski definition) is 2. The topological polar surface area (TPSA) is 72.2 Å². The second-order valence-corrected chi connectivity index (χ2v) is 6.69. The molecule has 0 heterocycles. The molecule has 1 aromatic rings. The fourth-order valence-corrected chi connectivity index (χ4v) is 2.25. The third kappa shape index (κ3) is 4.66. The van der Waals surface area contributed by atoms with Gasteiger partial charge in [0.15, 0.2) is 0 Å². The first-order valence-corrected chi connectivity index (χ1v) is 7.38. The lowest BCUT2D eigenvalue weighted by Gasteiger charge is -2.08. The molecular formula is C12H17ClN2O2S. The lowest BCUT2D eigenvalue weighted by Crippen LogP contribution is -2.18. The molecule has 0 aliphatic carbocycles. The summed E-state index contributed by atoms with van der Waals surface area (Å²) in [6, 6.07) is 4.90. The van der Waals surface area contributed by atoms with Crippen LogP contribution in [0.4, 0.5) is 11.4 Å². The number of benzene rings is 1. The van der Waals surface area contributed by atoms with E-state index in [1.807, 2.05) is 13.8 Å². The number of rotatable bonds is 5. The van der Waals surface area contributed by atoms with Crippen molar-refractivity contribution in [3.05, 3.63) is 23.2 Å². The van der Waals surface area contributed by atoms with Crippen LogP contribution in [0.15, 0.2) is 18.2 Å². The summed E-state index contributed by atoms with van der Waals surface area (Å²) in [5, 5.41) is 3.22. The van der Waals surface area contributed by atoms with Gasteiger partial charge in [-0.25, -0.2) is 0 Å². The standard InChI is InChI=1S/C12H17ClN2O2S/c1-8(2)18(17)6-5-12(16)15-9-3-4-10(13)11(14)7-9/h3-4,7-8H,5-6,14H2,1-2H3,(H,15,16). The maximum absolute atomic E-state index is 11.6. The molecule has 4 nitrogen and oxygen atoms in total. The van der Waals surface area contributed by atoms with Crippen molar-refractivity contribution in [1.29, 1.82) is 0 Å². The van der Waals surface area contributed by atoms with Crippen LogP contribution >= 0.6 is 11.6 Å². The maximum Gasteiger partial charge on any atom is 0.225 e. The summed E-state index contributed by atoms with van der Waals surface area (Å²) >= 11 is 5.78. The highest BCUT2D eigenvalue weighted by Crippen LogP contribution is 2.22. The summed E-state index contributed by atoms with van der Waals surface area (Å²) in [6.45, 7) is 3.74. The average Bonchev–Trinajstić information content (AvgIpc) is 2.30. The first-order chi connectivity index (χ1) is 8.40. The Hall–Kier alpha value is -1.07. The Labute approximate surface area is 114 Å². The van der Waals surface area contributed by atoms with Gasteiger partial charge in [-0.05, 0) is 18.2 Å². The Bertz CT molecular complexity index is 463. The number of carbonyl (C=O) groups is 1. The predicted octanol–water partition coefficient (Wildman–Crippen LogP) is 2.41. The van der Waals surface area contributed by atoms with E-state index < -0.39 is 10.8 Å². The normalized spacial score (nSPS) is 12.4. The Kier molecular flexibility index (Phi) is 5.62. The number of nitrogens with one attached hydrogen (secondary N) is 1. The molecule has 0 aromatic heterocycles. The summed E-state index contributed by atoms with van der Waals surface area (Å²) < 4.78 is 11.5. The van der Waals surface area contributed by atoms with E-state index in [1.165, 1.54) is 0 Å². The predicted molar refractivity (Wildman–Crippen MR) is 77.3 cm³/mol. The van der Waals surface area contributed by atoms with Crippen molar-refractivity contribution in [3.8, 4) is 0 Å². The average molecular weight is 289 g/mol. The van der Waals surface area contributed by atoms with Gasteiger partial charge in [-0.2, -0.15) is 0 Å². The van der Waals surface area contributed by atoms with Crippen molar-refractivity contribution in [1.82, 2.24) is 0 Å². The third-order valence-electron chi connectivity index (χ3n) is 2.34. The summed E-state index contributed by atoms with van der Waals surface area (Å²) in [6.07, 6.45) is 0.229.